The summed E-state index contributed by atoms with van der Waals surface area (Å²) in [4.78, 5) is 11.7. The minimum atomic E-state index is -0.0342. The van der Waals surface area contributed by atoms with E-state index in [2.05, 4.69) is 34.6 Å². The van der Waals surface area contributed by atoms with Crippen LogP contribution < -0.4 is 0 Å². The molecule has 2 aliphatic rings. The second-order valence-electron chi connectivity index (χ2n) is 7.94. The predicted octanol–water partition coefficient (Wildman–Crippen LogP) is 3.56. The number of carbonyl (C=O) groups excluding carboxylic acids is 1. The summed E-state index contributed by atoms with van der Waals surface area (Å²) in [6.07, 6.45) is 4.26. The van der Waals surface area contributed by atoms with Crippen LogP contribution in [0.1, 0.15) is 60.3 Å². The average Bonchev–Trinajstić information content (AvgIpc) is 2.85. The van der Waals surface area contributed by atoms with Gasteiger partial charge in [0.2, 0.25) is 0 Å². The van der Waals surface area contributed by atoms with E-state index in [1.165, 1.54) is 0 Å². The van der Waals surface area contributed by atoms with Crippen LogP contribution >= 0.6 is 0 Å². The summed E-state index contributed by atoms with van der Waals surface area (Å²) in [6, 6.07) is 0. The quantitative estimate of drug-likeness (QED) is 0.734. The third kappa shape index (κ3) is 3.31. The molecule has 0 spiro atoms. The number of esters is 1. The molecule has 19 heavy (non-hydrogen) atoms. The summed E-state index contributed by atoms with van der Waals surface area (Å²) in [5, 5.41) is 0. The molecule has 0 aromatic rings. The summed E-state index contributed by atoms with van der Waals surface area (Å²) in [5.41, 5.74) is 0.141. The second kappa shape index (κ2) is 5.08. The highest BCUT2D eigenvalue weighted by molar-refractivity contribution is 5.72. The topological polar surface area (TPSA) is 35.5 Å². The van der Waals surface area contributed by atoms with Crippen LogP contribution in [0, 0.1) is 16.7 Å². The molecule has 2 aliphatic heterocycles. The Balaban J connectivity index is 2.05. The van der Waals surface area contributed by atoms with Crippen LogP contribution in [0.25, 0.3) is 0 Å². The molecule has 2 saturated heterocycles. The lowest BCUT2D eigenvalue weighted by atomic mass is 9.71. The molecular formula is C16H28O3. The molecule has 0 radical (unpaired) electrons. The molecule has 3 unspecified atom stereocenters. The van der Waals surface area contributed by atoms with Crippen molar-refractivity contribution in [2.24, 2.45) is 16.7 Å². The van der Waals surface area contributed by atoms with E-state index in [4.69, 9.17) is 9.47 Å². The van der Waals surface area contributed by atoms with Crippen molar-refractivity contribution in [1.82, 2.24) is 0 Å². The number of hydrogen-bond donors (Lipinski definition) is 0. The molecule has 3 nitrogen and oxygen atoms in total. The van der Waals surface area contributed by atoms with Crippen LogP contribution in [-0.2, 0) is 14.3 Å². The van der Waals surface area contributed by atoms with Gasteiger partial charge in [-0.1, -0.05) is 34.6 Å². The van der Waals surface area contributed by atoms with Crippen LogP contribution in [0.5, 0.6) is 0 Å². The van der Waals surface area contributed by atoms with Gasteiger partial charge in [-0.3, -0.25) is 4.79 Å². The van der Waals surface area contributed by atoms with Crippen molar-refractivity contribution in [2.45, 2.75) is 72.5 Å². The maximum Gasteiger partial charge on any atom is 0.306 e. The fourth-order valence-corrected chi connectivity index (χ4v) is 3.67. The zero-order chi connectivity index (χ0) is 14.3. The van der Waals surface area contributed by atoms with Gasteiger partial charge in [-0.05, 0) is 30.1 Å². The molecule has 0 bridgehead atoms. The molecule has 0 aromatic heterocycles. The summed E-state index contributed by atoms with van der Waals surface area (Å²) < 4.78 is 11.4. The Morgan fingerprint density at radius 1 is 1.21 bits per heavy atom. The maximum atomic E-state index is 11.7. The summed E-state index contributed by atoms with van der Waals surface area (Å²) >= 11 is 0. The number of ether oxygens (including phenoxy) is 2. The van der Waals surface area contributed by atoms with Gasteiger partial charge in [0.05, 0.1) is 12.5 Å². The SMILES string of the molecule is CC(C)(C)C1OC(=O)CC1CC(C)(C)C1CCCO1. The minimum Gasteiger partial charge on any atom is -0.461 e. The fourth-order valence-electron chi connectivity index (χ4n) is 3.67. The van der Waals surface area contributed by atoms with Crippen molar-refractivity contribution in [3.8, 4) is 0 Å². The molecule has 2 fully saturated rings. The van der Waals surface area contributed by atoms with Crippen LogP contribution in [-0.4, -0.2) is 24.8 Å². The molecular weight excluding hydrogens is 240 g/mol. The third-order valence-electron chi connectivity index (χ3n) is 4.56. The Labute approximate surface area is 117 Å². The lowest BCUT2D eigenvalue weighted by Crippen LogP contribution is -2.37. The molecule has 0 saturated carbocycles. The minimum absolute atomic E-state index is 0.0173. The van der Waals surface area contributed by atoms with E-state index in [-0.39, 0.29) is 22.9 Å². The highest BCUT2D eigenvalue weighted by atomic mass is 16.6. The van der Waals surface area contributed by atoms with Gasteiger partial charge in [0.15, 0.2) is 0 Å². The zero-order valence-corrected chi connectivity index (χ0v) is 13.0. The zero-order valence-electron chi connectivity index (χ0n) is 13.0. The van der Waals surface area contributed by atoms with Gasteiger partial charge in [-0.2, -0.15) is 0 Å². The van der Waals surface area contributed by atoms with Crippen LogP contribution in [0.15, 0.2) is 0 Å². The summed E-state index contributed by atoms with van der Waals surface area (Å²) in [7, 11) is 0. The molecule has 0 N–H and O–H groups in total. The lowest BCUT2D eigenvalue weighted by Gasteiger charge is -2.37. The highest BCUT2D eigenvalue weighted by Gasteiger charge is 2.46. The molecule has 2 heterocycles. The molecule has 3 heteroatoms. The number of hydrogen-bond acceptors (Lipinski definition) is 3. The van der Waals surface area contributed by atoms with Crippen molar-refractivity contribution >= 4 is 5.97 Å². The van der Waals surface area contributed by atoms with E-state index < -0.39 is 0 Å². The van der Waals surface area contributed by atoms with Crippen molar-refractivity contribution in [3.63, 3.8) is 0 Å². The Morgan fingerprint density at radius 3 is 2.42 bits per heavy atom. The van der Waals surface area contributed by atoms with Gasteiger partial charge < -0.3 is 9.47 Å². The first kappa shape index (κ1) is 14.8. The monoisotopic (exact) mass is 268 g/mol. The van der Waals surface area contributed by atoms with Gasteiger partial charge >= 0.3 is 5.97 Å². The van der Waals surface area contributed by atoms with E-state index in [0.717, 1.165) is 25.9 Å². The number of cyclic esters (lactones) is 1. The van der Waals surface area contributed by atoms with E-state index in [1.54, 1.807) is 0 Å². The molecule has 0 aromatic carbocycles. The fraction of sp³-hybridized carbons (Fsp3) is 0.938. The summed E-state index contributed by atoms with van der Waals surface area (Å²) in [6.45, 7) is 11.9. The van der Waals surface area contributed by atoms with E-state index in [1.807, 2.05) is 0 Å². The Kier molecular flexibility index (Phi) is 3.97. The lowest BCUT2D eigenvalue weighted by molar-refractivity contribution is -0.145. The van der Waals surface area contributed by atoms with Crippen molar-refractivity contribution in [1.29, 1.82) is 0 Å². The van der Waals surface area contributed by atoms with Gasteiger partial charge in [0, 0.05) is 12.5 Å². The molecule has 0 amide bonds. The summed E-state index contributed by atoms with van der Waals surface area (Å²) in [5.74, 6) is 0.291. The third-order valence-corrected chi connectivity index (χ3v) is 4.56. The first-order valence-electron chi connectivity index (χ1n) is 7.51. The van der Waals surface area contributed by atoms with Gasteiger partial charge in [-0.15, -0.1) is 0 Å². The standard InChI is InChI=1S/C16H28O3/c1-15(2,3)14-11(9-13(17)19-14)10-16(4,5)12-7-6-8-18-12/h11-12,14H,6-10H2,1-5H3. The van der Waals surface area contributed by atoms with Crippen LogP contribution in [0.2, 0.25) is 0 Å². The van der Waals surface area contributed by atoms with E-state index >= 15 is 0 Å². The van der Waals surface area contributed by atoms with E-state index in [0.29, 0.717) is 18.4 Å². The first-order chi connectivity index (χ1) is 8.70. The maximum absolute atomic E-state index is 11.7. The van der Waals surface area contributed by atoms with Crippen molar-refractivity contribution in [3.05, 3.63) is 0 Å². The molecule has 0 aliphatic carbocycles. The van der Waals surface area contributed by atoms with Gasteiger partial charge in [0.1, 0.15) is 6.10 Å². The smallest absolute Gasteiger partial charge is 0.306 e. The van der Waals surface area contributed by atoms with Gasteiger partial charge in [0.25, 0.3) is 0 Å². The first-order valence-corrected chi connectivity index (χ1v) is 7.51. The molecule has 110 valence electrons. The molecule has 2 rings (SSSR count). The predicted molar refractivity (Wildman–Crippen MR) is 74.8 cm³/mol. The van der Waals surface area contributed by atoms with Crippen LogP contribution in [0.3, 0.4) is 0 Å². The Morgan fingerprint density at radius 2 is 1.89 bits per heavy atom. The molecule has 3 atom stereocenters. The van der Waals surface area contributed by atoms with E-state index in [9.17, 15) is 4.79 Å². The highest BCUT2D eigenvalue weighted by Crippen LogP contribution is 2.44. The average molecular weight is 268 g/mol. The second-order valence-corrected chi connectivity index (χ2v) is 7.94. The Hall–Kier alpha value is -0.570. The number of rotatable bonds is 3. The van der Waals surface area contributed by atoms with Crippen LogP contribution in [0.4, 0.5) is 0 Å². The largest absolute Gasteiger partial charge is 0.461 e. The van der Waals surface area contributed by atoms with Gasteiger partial charge in [-0.25, -0.2) is 0 Å². The Bertz CT molecular complexity index is 334. The van der Waals surface area contributed by atoms with Crippen molar-refractivity contribution in [2.75, 3.05) is 6.61 Å². The van der Waals surface area contributed by atoms with Crippen molar-refractivity contribution < 1.29 is 14.3 Å². The number of carbonyl (C=O) groups is 1. The normalized spacial score (nSPS) is 32.7.